The number of benzene rings is 1. The van der Waals surface area contributed by atoms with Gasteiger partial charge in [0, 0.05) is 29.9 Å². The molecule has 0 radical (unpaired) electrons. The lowest BCUT2D eigenvalue weighted by Crippen LogP contribution is -2.21. The molecule has 3 aromatic heterocycles. The molecule has 39 heavy (non-hydrogen) atoms. The van der Waals surface area contributed by atoms with E-state index < -0.39 is 24.3 Å². The highest BCUT2D eigenvalue weighted by atomic mass is 19.4. The van der Waals surface area contributed by atoms with Crippen molar-refractivity contribution < 1.29 is 46.1 Å². The molecule has 0 bridgehead atoms. The van der Waals surface area contributed by atoms with E-state index in [1.165, 1.54) is 5.56 Å². The van der Waals surface area contributed by atoms with Crippen molar-refractivity contribution in [2.75, 3.05) is 5.32 Å². The first kappa shape index (κ1) is 28.6. The minimum Gasteiger partial charge on any atom is -0.475 e. The normalized spacial score (nSPS) is 11.5. The number of hydrogen-bond donors (Lipinski definition) is 4. The number of carbonyl (C=O) groups is 2. The molecule has 0 fully saturated rings. The molecule has 204 valence electrons. The van der Waals surface area contributed by atoms with Crippen LogP contribution in [0.25, 0.3) is 22.5 Å². The summed E-state index contributed by atoms with van der Waals surface area (Å²) in [6.07, 6.45) is -4.01. The standard InChI is InChI=1S/C20H15N5.2C2HF3O2/c1-2-5-13(6-3-1)11-17-24-18-14-8-10-21-12-16(14)23-20-15(19(18)25-17)7-4-9-22-20;2*3-2(4,5)1(6)7/h1-10,12H,11H2,(H,22,23)(H,24,25);2*(H,6,7). The van der Waals surface area contributed by atoms with Gasteiger partial charge in [0.1, 0.15) is 17.3 Å². The lowest BCUT2D eigenvalue weighted by molar-refractivity contribution is -0.193. The predicted molar refractivity (Wildman–Crippen MR) is 125 cm³/mol. The predicted octanol–water partition coefficient (Wildman–Crippen LogP) is 5.45. The molecule has 0 amide bonds. The van der Waals surface area contributed by atoms with E-state index in [-0.39, 0.29) is 0 Å². The number of fused-ring (bicyclic) bond motifs is 5. The molecular weight excluding hydrogens is 536 g/mol. The van der Waals surface area contributed by atoms with E-state index in [1.54, 1.807) is 12.4 Å². The Bertz CT molecular complexity index is 1370. The number of pyridine rings is 2. The third-order valence-electron chi connectivity index (χ3n) is 4.86. The van der Waals surface area contributed by atoms with Gasteiger partial charge in [0.05, 0.1) is 17.6 Å². The van der Waals surface area contributed by atoms with E-state index in [1.807, 2.05) is 42.6 Å². The number of aromatic nitrogens is 4. The monoisotopic (exact) mass is 553 g/mol. The van der Waals surface area contributed by atoms with Crippen LogP contribution in [0, 0.1) is 0 Å². The van der Waals surface area contributed by atoms with Crippen LogP contribution in [0.4, 0.5) is 37.8 Å². The number of H-pyrrole nitrogens is 1. The molecule has 0 saturated heterocycles. The molecule has 1 aromatic carbocycles. The summed E-state index contributed by atoms with van der Waals surface area (Å²) >= 11 is 0. The number of carboxylic acids is 2. The van der Waals surface area contributed by atoms with E-state index in [0.29, 0.717) is 0 Å². The Balaban J connectivity index is 0.000000251. The number of carboxylic acid groups (broad SMARTS) is 2. The van der Waals surface area contributed by atoms with Gasteiger partial charge in [0.25, 0.3) is 0 Å². The molecule has 9 nitrogen and oxygen atoms in total. The largest absolute Gasteiger partial charge is 0.490 e. The SMILES string of the molecule is O=C(O)C(F)(F)F.O=C(O)C(F)(F)F.c1ccc(Cc2nc3c([nH]2)-c2ccncc2Nc2ncccc2-3)cc1. The lowest BCUT2D eigenvalue weighted by Gasteiger charge is -2.07. The fourth-order valence-electron chi connectivity index (χ4n) is 3.22. The van der Waals surface area contributed by atoms with E-state index in [0.717, 1.165) is 46.3 Å². The zero-order valence-electron chi connectivity index (χ0n) is 19.4. The molecule has 0 unspecified atom stereocenters. The number of anilines is 2. The van der Waals surface area contributed by atoms with Crippen molar-refractivity contribution in [1.82, 2.24) is 19.9 Å². The van der Waals surface area contributed by atoms with Gasteiger partial charge in [-0.25, -0.2) is 19.6 Å². The number of rotatable bonds is 2. The number of nitrogens with zero attached hydrogens (tertiary/aromatic N) is 3. The molecule has 15 heteroatoms. The van der Waals surface area contributed by atoms with Crippen LogP contribution in [0.2, 0.25) is 0 Å². The Morgan fingerprint density at radius 3 is 2.03 bits per heavy atom. The van der Waals surface area contributed by atoms with E-state index in [2.05, 4.69) is 32.4 Å². The van der Waals surface area contributed by atoms with Crippen LogP contribution in [-0.4, -0.2) is 54.4 Å². The first-order valence-electron chi connectivity index (χ1n) is 10.7. The van der Waals surface area contributed by atoms with E-state index >= 15 is 0 Å². The van der Waals surface area contributed by atoms with Crippen molar-refractivity contribution in [2.24, 2.45) is 0 Å². The van der Waals surface area contributed by atoms with Gasteiger partial charge in [0.15, 0.2) is 0 Å². The third-order valence-corrected chi connectivity index (χ3v) is 4.86. The second kappa shape index (κ2) is 11.6. The summed E-state index contributed by atoms with van der Waals surface area (Å²) in [5.41, 5.74) is 6.12. The summed E-state index contributed by atoms with van der Waals surface area (Å²) in [4.78, 5) is 34.9. The van der Waals surface area contributed by atoms with Crippen LogP contribution in [0.15, 0.2) is 67.1 Å². The number of nitrogens with one attached hydrogen (secondary N) is 2. The zero-order valence-corrected chi connectivity index (χ0v) is 19.4. The summed E-state index contributed by atoms with van der Waals surface area (Å²) in [5.74, 6) is -3.77. The quantitative estimate of drug-likeness (QED) is 0.212. The van der Waals surface area contributed by atoms with Gasteiger partial charge < -0.3 is 20.5 Å². The maximum atomic E-state index is 10.6. The topological polar surface area (TPSA) is 141 Å². The Morgan fingerprint density at radius 2 is 1.44 bits per heavy atom. The summed E-state index contributed by atoms with van der Waals surface area (Å²) in [5, 5.41) is 17.6. The van der Waals surface area contributed by atoms with E-state index in [9.17, 15) is 26.3 Å². The summed E-state index contributed by atoms with van der Waals surface area (Å²) in [6, 6.07) is 16.3. The number of alkyl halides is 6. The van der Waals surface area contributed by atoms with Gasteiger partial charge in [-0.3, -0.25) is 4.98 Å². The molecule has 0 aliphatic carbocycles. The van der Waals surface area contributed by atoms with Crippen molar-refractivity contribution in [2.45, 2.75) is 18.8 Å². The Labute approximate surface area is 215 Å². The average molecular weight is 553 g/mol. The summed E-state index contributed by atoms with van der Waals surface area (Å²) in [6.45, 7) is 0. The highest BCUT2D eigenvalue weighted by Crippen LogP contribution is 2.41. The third kappa shape index (κ3) is 7.53. The van der Waals surface area contributed by atoms with Crippen molar-refractivity contribution in [3.05, 3.63) is 78.5 Å². The number of hydrogen-bond acceptors (Lipinski definition) is 6. The first-order chi connectivity index (χ1) is 18.3. The van der Waals surface area contributed by atoms with Crippen LogP contribution in [0.3, 0.4) is 0 Å². The van der Waals surface area contributed by atoms with Gasteiger partial charge in [-0.2, -0.15) is 26.3 Å². The van der Waals surface area contributed by atoms with Crippen molar-refractivity contribution >= 4 is 23.4 Å². The minimum atomic E-state index is -5.08. The fourth-order valence-corrected chi connectivity index (χ4v) is 3.22. The second-order valence-electron chi connectivity index (χ2n) is 7.62. The smallest absolute Gasteiger partial charge is 0.475 e. The zero-order chi connectivity index (χ0) is 28.8. The summed E-state index contributed by atoms with van der Waals surface area (Å²) in [7, 11) is 0. The first-order valence-corrected chi connectivity index (χ1v) is 10.7. The molecule has 0 saturated carbocycles. The molecule has 0 spiro atoms. The average Bonchev–Trinajstić information content (AvgIpc) is 3.23. The van der Waals surface area contributed by atoms with Crippen molar-refractivity contribution in [3.8, 4) is 22.5 Å². The van der Waals surface area contributed by atoms with Crippen LogP contribution in [0.1, 0.15) is 11.4 Å². The van der Waals surface area contributed by atoms with Crippen LogP contribution >= 0.6 is 0 Å². The molecule has 5 rings (SSSR count). The fraction of sp³-hybridized carbons (Fsp3) is 0.125. The molecule has 0 atom stereocenters. The number of halogens is 6. The molecular formula is C24H17F6N5O4. The number of aromatic amines is 1. The summed E-state index contributed by atoms with van der Waals surface area (Å²) < 4.78 is 63.5. The van der Waals surface area contributed by atoms with Crippen LogP contribution < -0.4 is 5.32 Å². The number of imidazole rings is 1. The molecule has 4 heterocycles. The maximum absolute atomic E-state index is 10.6. The van der Waals surface area contributed by atoms with Gasteiger partial charge >= 0.3 is 24.3 Å². The Morgan fingerprint density at radius 1 is 0.821 bits per heavy atom. The van der Waals surface area contributed by atoms with Gasteiger partial charge in [-0.1, -0.05) is 30.3 Å². The van der Waals surface area contributed by atoms with Gasteiger partial charge in [-0.15, -0.1) is 0 Å². The van der Waals surface area contributed by atoms with Gasteiger partial charge in [0.2, 0.25) is 0 Å². The molecule has 4 aromatic rings. The molecule has 1 aliphatic heterocycles. The minimum absolute atomic E-state index is 0.761. The number of aliphatic carboxylic acids is 2. The van der Waals surface area contributed by atoms with Crippen LogP contribution in [0.5, 0.6) is 0 Å². The van der Waals surface area contributed by atoms with Crippen LogP contribution in [-0.2, 0) is 16.0 Å². The molecule has 4 N–H and O–H groups in total. The maximum Gasteiger partial charge on any atom is 0.490 e. The highest BCUT2D eigenvalue weighted by molar-refractivity contribution is 5.94. The second-order valence-corrected chi connectivity index (χ2v) is 7.62. The van der Waals surface area contributed by atoms with E-state index in [4.69, 9.17) is 24.8 Å². The van der Waals surface area contributed by atoms with Gasteiger partial charge in [-0.05, 0) is 23.8 Å². The Kier molecular flexibility index (Phi) is 8.53. The highest BCUT2D eigenvalue weighted by Gasteiger charge is 2.38. The Hall–Kier alpha value is -4.95. The lowest BCUT2D eigenvalue weighted by atomic mass is 10.1. The molecule has 1 aliphatic rings. The van der Waals surface area contributed by atoms with Crippen molar-refractivity contribution in [3.63, 3.8) is 0 Å². The van der Waals surface area contributed by atoms with Crippen molar-refractivity contribution in [1.29, 1.82) is 0 Å².